The monoisotopic (exact) mass is 438 g/mol. The molecular formula is C24H26N2O2S2. The van der Waals surface area contributed by atoms with Gasteiger partial charge in [0.25, 0.3) is 0 Å². The Morgan fingerprint density at radius 1 is 1.03 bits per heavy atom. The lowest BCUT2D eigenvalue weighted by Crippen LogP contribution is -2.23. The summed E-state index contributed by atoms with van der Waals surface area (Å²) in [6, 6.07) is 19.9. The normalized spacial score (nSPS) is 11.1. The standard InChI is InChI=1S/C24H26N2O2S2/c1-5-28-22(27)17-15-20(16-11-7-6-8-12-16)30-21(17)26-23(29)25-19-14-10-9-13-18(19)24(2,3)4/h6-15H,5H2,1-4H3,(H2,25,26,29). The third-order valence-corrected chi connectivity index (χ3v) is 5.80. The first-order valence-electron chi connectivity index (χ1n) is 9.83. The maximum absolute atomic E-state index is 12.5. The molecule has 0 bridgehead atoms. The number of ether oxygens (including phenoxy) is 1. The lowest BCUT2D eigenvalue weighted by molar-refractivity contribution is 0.0528. The summed E-state index contributed by atoms with van der Waals surface area (Å²) in [6.07, 6.45) is 0. The van der Waals surface area contributed by atoms with E-state index in [1.807, 2.05) is 54.6 Å². The van der Waals surface area contributed by atoms with Gasteiger partial charge in [0.1, 0.15) is 5.00 Å². The van der Waals surface area contributed by atoms with Crippen LogP contribution in [0.5, 0.6) is 0 Å². The van der Waals surface area contributed by atoms with E-state index < -0.39 is 0 Å². The quantitative estimate of drug-likeness (QED) is 0.343. The number of thiophene rings is 1. The number of rotatable bonds is 5. The highest BCUT2D eigenvalue weighted by Crippen LogP contribution is 2.36. The van der Waals surface area contributed by atoms with Crippen LogP contribution in [0.25, 0.3) is 10.4 Å². The summed E-state index contributed by atoms with van der Waals surface area (Å²) in [5.74, 6) is -0.365. The van der Waals surface area contributed by atoms with Gasteiger partial charge >= 0.3 is 5.97 Å². The van der Waals surface area contributed by atoms with Gasteiger partial charge in [-0.05, 0) is 47.8 Å². The fourth-order valence-corrected chi connectivity index (χ4v) is 4.42. The van der Waals surface area contributed by atoms with Gasteiger partial charge in [0, 0.05) is 10.6 Å². The Balaban J connectivity index is 1.88. The average Bonchev–Trinajstić information content (AvgIpc) is 3.12. The second-order valence-corrected chi connectivity index (χ2v) is 9.28. The molecule has 3 aromatic rings. The number of benzene rings is 2. The summed E-state index contributed by atoms with van der Waals surface area (Å²) in [7, 11) is 0. The minimum atomic E-state index is -0.365. The van der Waals surface area contributed by atoms with Crippen molar-refractivity contribution < 1.29 is 9.53 Å². The Labute approximate surface area is 187 Å². The van der Waals surface area contributed by atoms with Crippen LogP contribution in [0, 0.1) is 0 Å². The number of esters is 1. The number of para-hydroxylation sites is 1. The molecule has 30 heavy (non-hydrogen) atoms. The van der Waals surface area contributed by atoms with Crippen molar-refractivity contribution in [3.05, 3.63) is 71.8 Å². The molecule has 0 aliphatic heterocycles. The van der Waals surface area contributed by atoms with Gasteiger partial charge in [-0.15, -0.1) is 11.3 Å². The van der Waals surface area contributed by atoms with Gasteiger partial charge in [0.05, 0.1) is 12.2 Å². The van der Waals surface area contributed by atoms with E-state index in [9.17, 15) is 4.79 Å². The molecule has 0 aliphatic carbocycles. The van der Waals surface area contributed by atoms with E-state index in [-0.39, 0.29) is 11.4 Å². The minimum Gasteiger partial charge on any atom is -0.462 e. The van der Waals surface area contributed by atoms with Crippen molar-refractivity contribution in [2.24, 2.45) is 0 Å². The van der Waals surface area contributed by atoms with E-state index in [1.165, 1.54) is 11.3 Å². The number of hydrogen-bond acceptors (Lipinski definition) is 4. The number of carbonyl (C=O) groups excluding carboxylic acids is 1. The molecule has 0 saturated carbocycles. The van der Waals surface area contributed by atoms with Crippen LogP contribution < -0.4 is 10.6 Å². The van der Waals surface area contributed by atoms with Crippen LogP contribution in [0.2, 0.25) is 0 Å². The van der Waals surface area contributed by atoms with Crippen LogP contribution >= 0.6 is 23.6 Å². The largest absolute Gasteiger partial charge is 0.462 e. The number of carbonyl (C=O) groups is 1. The molecule has 3 rings (SSSR count). The van der Waals surface area contributed by atoms with Gasteiger partial charge in [0.15, 0.2) is 5.11 Å². The lowest BCUT2D eigenvalue weighted by Gasteiger charge is -2.23. The van der Waals surface area contributed by atoms with E-state index in [0.29, 0.717) is 22.3 Å². The molecule has 2 aromatic carbocycles. The van der Waals surface area contributed by atoms with Crippen molar-refractivity contribution in [2.75, 3.05) is 17.2 Å². The highest BCUT2D eigenvalue weighted by atomic mass is 32.1. The van der Waals surface area contributed by atoms with Crippen LogP contribution in [0.3, 0.4) is 0 Å². The van der Waals surface area contributed by atoms with Crippen molar-refractivity contribution in [1.29, 1.82) is 0 Å². The van der Waals surface area contributed by atoms with Crippen LogP contribution in [0.15, 0.2) is 60.7 Å². The summed E-state index contributed by atoms with van der Waals surface area (Å²) in [6.45, 7) is 8.60. The molecule has 0 amide bonds. The molecule has 0 aliphatic rings. The van der Waals surface area contributed by atoms with Gasteiger partial charge in [-0.3, -0.25) is 0 Å². The summed E-state index contributed by atoms with van der Waals surface area (Å²) in [4.78, 5) is 13.5. The van der Waals surface area contributed by atoms with Gasteiger partial charge in [0.2, 0.25) is 0 Å². The fourth-order valence-electron chi connectivity index (χ4n) is 3.09. The SMILES string of the molecule is CCOC(=O)c1cc(-c2ccccc2)sc1NC(=S)Nc1ccccc1C(C)(C)C. The van der Waals surface area contributed by atoms with E-state index in [0.717, 1.165) is 21.7 Å². The molecular weight excluding hydrogens is 412 g/mol. The predicted octanol–water partition coefficient (Wildman–Crippen LogP) is 6.70. The van der Waals surface area contributed by atoms with Gasteiger partial charge in [-0.25, -0.2) is 4.79 Å². The molecule has 0 unspecified atom stereocenters. The predicted molar refractivity (Wildman–Crippen MR) is 131 cm³/mol. The van der Waals surface area contributed by atoms with Crippen LogP contribution in [-0.2, 0) is 10.2 Å². The third kappa shape index (κ3) is 5.26. The fraction of sp³-hybridized carbons (Fsp3) is 0.250. The zero-order valence-corrected chi connectivity index (χ0v) is 19.2. The summed E-state index contributed by atoms with van der Waals surface area (Å²) in [5, 5.41) is 7.59. The van der Waals surface area contributed by atoms with Gasteiger partial charge < -0.3 is 15.4 Å². The van der Waals surface area contributed by atoms with Crippen LogP contribution in [0.1, 0.15) is 43.6 Å². The van der Waals surface area contributed by atoms with Crippen molar-refractivity contribution in [3.8, 4) is 10.4 Å². The topological polar surface area (TPSA) is 50.4 Å². The second kappa shape index (κ2) is 9.41. The van der Waals surface area contributed by atoms with Gasteiger partial charge in [-0.1, -0.05) is 69.3 Å². The zero-order chi connectivity index (χ0) is 21.7. The maximum Gasteiger partial charge on any atom is 0.341 e. The maximum atomic E-state index is 12.5. The number of anilines is 2. The molecule has 0 saturated heterocycles. The first-order chi connectivity index (χ1) is 14.3. The van der Waals surface area contributed by atoms with Crippen molar-refractivity contribution >= 4 is 45.3 Å². The molecule has 156 valence electrons. The van der Waals surface area contributed by atoms with E-state index in [2.05, 4.69) is 37.5 Å². The van der Waals surface area contributed by atoms with E-state index in [1.54, 1.807) is 6.92 Å². The molecule has 0 fully saturated rings. The number of thiocarbonyl (C=S) groups is 1. The number of hydrogen-bond donors (Lipinski definition) is 2. The lowest BCUT2D eigenvalue weighted by atomic mass is 9.86. The summed E-state index contributed by atoms with van der Waals surface area (Å²) < 4.78 is 5.25. The van der Waals surface area contributed by atoms with Crippen LogP contribution in [0.4, 0.5) is 10.7 Å². The third-order valence-electron chi connectivity index (χ3n) is 4.50. The van der Waals surface area contributed by atoms with E-state index in [4.69, 9.17) is 17.0 Å². The van der Waals surface area contributed by atoms with Crippen molar-refractivity contribution in [2.45, 2.75) is 33.1 Å². The molecule has 0 radical (unpaired) electrons. The van der Waals surface area contributed by atoms with Gasteiger partial charge in [-0.2, -0.15) is 0 Å². The van der Waals surface area contributed by atoms with Crippen molar-refractivity contribution in [3.63, 3.8) is 0 Å². The zero-order valence-electron chi connectivity index (χ0n) is 17.6. The van der Waals surface area contributed by atoms with Crippen LogP contribution in [-0.4, -0.2) is 17.7 Å². The first-order valence-corrected chi connectivity index (χ1v) is 11.1. The van der Waals surface area contributed by atoms with Crippen molar-refractivity contribution in [1.82, 2.24) is 0 Å². The Bertz CT molecular complexity index is 1040. The summed E-state index contributed by atoms with van der Waals surface area (Å²) >= 11 is 7.05. The summed E-state index contributed by atoms with van der Waals surface area (Å²) in [5.41, 5.74) is 3.60. The molecule has 6 heteroatoms. The Morgan fingerprint density at radius 3 is 2.37 bits per heavy atom. The smallest absolute Gasteiger partial charge is 0.341 e. The Kier molecular flexibility index (Phi) is 6.90. The first kappa shape index (κ1) is 22.0. The molecule has 4 nitrogen and oxygen atoms in total. The highest BCUT2D eigenvalue weighted by molar-refractivity contribution is 7.80. The minimum absolute atomic E-state index is 0.0291. The van der Waals surface area contributed by atoms with E-state index >= 15 is 0 Å². The highest BCUT2D eigenvalue weighted by Gasteiger charge is 2.21. The molecule has 2 N–H and O–H groups in total. The number of nitrogens with one attached hydrogen (secondary N) is 2. The Hall–Kier alpha value is -2.70. The second-order valence-electron chi connectivity index (χ2n) is 7.81. The molecule has 1 aromatic heterocycles. The Morgan fingerprint density at radius 2 is 1.70 bits per heavy atom. The molecule has 0 atom stereocenters. The average molecular weight is 439 g/mol. The molecule has 1 heterocycles. The molecule has 0 spiro atoms.